The summed E-state index contributed by atoms with van der Waals surface area (Å²) in [7, 11) is 0. The molecule has 0 spiro atoms. The van der Waals surface area contributed by atoms with Crippen LogP contribution in [0, 0.1) is 11.8 Å². The summed E-state index contributed by atoms with van der Waals surface area (Å²) in [6.07, 6.45) is 2.82. The highest BCUT2D eigenvalue weighted by molar-refractivity contribution is 5.98. The molecule has 20 heavy (non-hydrogen) atoms. The summed E-state index contributed by atoms with van der Waals surface area (Å²) in [6, 6.07) is 2.88. The molecule has 2 rings (SSSR count). The van der Waals surface area contributed by atoms with Crippen molar-refractivity contribution in [1.29, 1.82) is 0 Å². The van der Waals surface area contributed by atoms with Crippen molar-refractivity contribution in [2.45, 2.75) is 25.3 Å². The van der Waals surface area contributed by atoms with E-state index in [0.29, 0.717) is 30.6 Å². The molecule has 0 aliphatic carbocycles. The van der Waals surface area contributed by atoms with E-state index in [-0.39, 0.29) is 18.4 Å². The number of carbonyl (C=O) groups excluding carboxylic acids is 2. The number of hydrogen-bond acceptors (Lipinski definition) is 4. The minimum Gasteiger partial charge on any atom is -0.395 e. The zero-order valence-electron chi connectivity index (χ0n) is 10.8. The fraction of sp³-hybridized carbons (Fsp3) is 0.357. The Balaban J connectivity index is 1.99. The molecule has 104 valence electrons. The first-order chi connectivity index (χ1) is 9.69. The summed E-state index contributed by atoms with van der Waals surface area (Å²) in [6.45, 7) is 0.0169. The van der Waals surface area contributed by atoms with Crippen molar-refractivity contribution in [1.82, 2.24) is 10.3 Å². The minimum absolute atomic E-state index is 0.0169. The van der Waals surface area contributed by atoms with Gasteiger partial charge in [-0.25, -0.2) is 4.98 Å². The summed E-state index contributed by atoms with van der Waals surface area (Å²) in [5.41, 5.74) is 0.708. The molecule has 1 aliphatic rings. The van der Waals surface area contributed by atoms with Gasteiger partial charge in [0.25, 0.3) is 0 Å². The van der Waals surface area contributed by atoms with Gasteiger partial charge in [-0.15, -0.1) is 0 Å². The molecule has 1 aromatic rings. The number of aromatic nitrogens is 1. The number of pyridine rings is 1. The predicted molar refractivity (Wildman–Crippen MR) is 72.6 cm³/mol. The molecule has 0 aromatic carbocycles. The molecule has 1 aliphatic heterocycles. The maximum absolute atomic E-state index is 11.9. The summed E-state index contributed by atoms with van der Waals surface area (Å²) in [4.78, 5) is 27.0. The second kappa shape index (κ2) is 6.68. The maximum atomic E-state index is 11.9. The Morgan fingerprint density at radius 1 is 1.60 bits per heavy atom. The lowest BCUT2D eigenvalue weighted by Crippen LogP contribution is -2.37. The Hall–Kier alpha value is -2.39. The minimum atomic E-state index is -0.492. The van der Waals surface area contributed by atoms with Crippen LogP contribution in [-0.2, 0) is 9.59 Å². The molecular formula is C14H15N3O3. The van der Waals surface area contributed by atoms with Crippen LogP contribution in [0.5, 0.6) is 0 Å². The Morgan fingerprint density at radius 3 is 3.15 bits per heavy atom. The van der Waals surface area contributed by atoms with Crippen molar-refractivity contribution >= 4 is 17.6 Å². The summed E-state index contributed by atoms with van der Waals surface area (Å²) in [5, 5.41) is 13.9. The highest BCUT2D eigenvalue weighted by Gasteiger charge is 2.27. The third kappa shape index (κ3) is 3.80. The van der Waals surface area contributed by atoms with Crippen LogP contribution in [0.25, 0.3) is 0 Å². The van der Waals surface area contributed by atoms with Crippen molar-refractivity contribution in [3.8, 4) is 11.8 Å². The average molecular weight is 273 g/mol. The molecular weight excluding hydrogens is 258 g/mol. The van der Waals surface area contributed by atoms with Crippen LogP contribution in [0.3, 0.4) is 0 Å². The topological polar surface area (TPSA) is 91.3 Å². The predicted octanol–water partition coefficient (Wildman–Crippen LogP) is 0.0326. The molecule has 6 nitrogen and oxygen atoms in total. The fourth-order valence-corrected chi connectivity index (χ4v) is 1.82. The second-order valence-electron chi connectivity index (χ2n) is 4.35. The van der Waals surface area contributed by atoms with Crippen LogP contribution < -0.4 is 10.6 Å². The third-order valence-corrected chi connectivity index (χ3v) is 2.79. The van der Waals surface area contributed by atoms with Gasteiger partial charge in [-0.3, -0.25) is 9.59 Å². The number of aliphatic hydroxyl groups is 1. The largest absolute Gasteiger partial charge is 0.395 e. The maximum Gasteiger partial charge on any atom is 0.248 e. The van der Waals surface area contributed by atoms with E-state index in [1.165, 1.54) is 0 Å². The van der Waals surface area contributed by atoms with Gasteiger partial charge in [0.15, 0.2) is 0 Å². The van der Waals surface area contributed by atoms with Crippen molar-refractivity contribution in [3.63, 3.8) is 0 Å². The van der Waals surface area contributed by atoms with Gasteiger partial charge >= 0.3 is 0 Å². The number of rotatable bonds is 3. The van der Waals surface area contributed by atoms with Crippen LogP contribution in [0.4, 0.5) is 5.82 Å². The van der Waals surface area contributed by atoms with Crippen LogP contribution in [0.1, 0.15) is 24.8 Å². The lowest BCUT2D eigenvalue weighted by Gasteiger charge is -2.10. The second-order valence-corrected chi connectivity index (χ2v) is 4.35. The van der Waals surface area contributed by atoms with Gasteiger partial charge < -0.3 is 15.7 Å². The first-order valence-electron chi connectivity index (χ1n) is 6.35. The molecule has 1 aromatic heterocycles. The van der Waals surface area contributed by atoms with Gasteiger partial charge in [0.05, 0.1) is 6.61 Å². The lowest BCUT2D eigenvalue weighted by molar-refractivity contribution is -0.122. The van der Waals surface area contributed by atoms with E-state index in [2.05, 4.69) is 27.5 Å². The van der Waals surface area contributed by atoms with Crippen molar-refractivity contribution in [3.05, 3.63) is 23.9 Å². The molecule has 0 saturated carbocycles. The van der Waals surface area contributed by atoms with Gasteiger partial charge in [-0.05, 0) is 18.6 Å². The van der Waals surface area contributed by atoms with E-state index < -0.39 is 6.04 Å². The first kappa shape index (κ1) is 14.0. The van der Waals surface area contributed by atoms with Crippen LogP contribution >= 0.6 is 0 Å². The Labute approximate surface area is 116 Å². The molecule has 0 bridgehead atoms. The van der Waals surface area contributed by atoms with Gasteiger partial charge in [-0.1, -0.05) is 11.8 Å². The first-order valence-corrected chi connectivity index (χ1v) is 6.35. The van der Waals surface area contributed by atoms with Crippen molar-refractivity contribution in [2.75, 3.05) is 11.9 Å². The SMILES string of the molecule is O=C1CCC(C(=O)Nc2cc(C#CCCO)ccn2)N1. The van der Waals surface area contributed by atoms with Crippen molar-refractivity contribution in [2.24, 2.45) is 0 Å². The number of aliphatic hydroxyl groups excluding tert-OH is 1. The lowest BCUT2D eigenvalue weighted by atomic mass is 10.2. The average Bonchev–Trinajstić information content (AvgIpc) is 2.86. The van der Waals surface area contributed by atoms with E-state index in [0.717, 1.165) is 0 Å². The van der Waals surface area contributed by atoms with Crippen LogP contribution in [0.2, 0.25) is 0 Å². The molecule has 6 heteroatoms. The molecule has 3 N–H and O–H groups in total. The quantitative estimate of drug-likeness (QED) is 0.678. The Kier molecular flexibility index (Phi) is 4.69. The Morgan fingerprint density at radius 2 is 2.45 bits per heavy atom. The number of nitrogens with one attached hydrogen (secondary N) is 2. The molecule has 1 saturated heterocycles. The molecule has 0 radical (unpaired) electrons. The van der Waals surface area contributed by atoms with Crippen LogP contribution in [0.15, 0.2) is 18.3 Å². The molecule has 1 unspecified atom stereocenters. The smallest absolute Gasteiger partial charge is 0.248 e. The van der Waals surface area contributed by atoms with Gasteiger partial charge in [0.1, 0.15) is 11.9 Å². The molecule has 1 fully saturated rings. The number of anilines is 1. The summed E-state index contributed by atoms with van der Waals surface area (Å²) in [5.74, 6) is 5.67. The van der Waals surface area contributed by atoms with E-state index in [4.69, 9.17) is 5.11 Å². The van der Waals surface area contributed by atoms with E-state index in [9.17, 15) is 9.59 Å². The monoisotopic (exact) mass is 273 g/mol. The zero-order chi connectivity index (χ0) is 14.4. The highest BCUT2D eigenvalue weighted by Crippen LogP contribution is 2.11. The standard InChI is InChI=1S/C14H15N3O3/c18-8-2-1-3-10-6-7-15-12(9-10)17-14(20)11-4-5-13(19)16-11/h6-7,9,11,18H,2,4-5,8H2,(H,16,19)(H,15,17,20). The third-order valence-electron chi connectivity index (χ3n) is 2.79. The van der Waals surface area contributed by atoms with Gasteiger partial charge in [-0.2, -0.15) is 0 Å². The number of hydrogen-bond donors (Lipinski definition) is 3. The molecule has 2 amide bonds. The molecule has 2 heterocycles. The van der Waals surface area contributed by atoms with Crippen molar-refractivity contribution < 1.29 is 14.7 Å². The Bertz CT molecular complexity index is 575. The van der Waals surface area contributed by atoms with Crippen LogP contribution in [-0.4, -0.2) is 34.6 Å². The van der Waals surface area contributed by atoms with E-state index in [1.807, 2.05) is 0 Å². The van der Waals surface area contributed by atoms with E-state index in [1.54, 1.807) is 18.3 Å². The van der Waals surface area contributed by atoms with Gasteiger partial charge in [0, 0.05) is 24.6 Å². The molecule has 1 atom stereocenters. The van der Waals surface area contributed by atoms with Gasteiger partial charge in [0.2, 0.25) is 11.8 Å². The summed E-state index contributed by atoms with van der Waals surface area (Å²) < 4.78 is 0. The summed E-state index contributed by atoms with van der Waals surface area (Å²) >= 11 is 0. The zero-order valence-corrected chi connectivity index (χ0v) is 10.8. The normalized spacial score (nSPS) is 17.1. The highest BCUT2D eigenvalue weighted by atomic mass is 16.2. The fourth-order valence-electron chi connectivity index (χ4n) is 1.82. The number of nitrogens with zero attached hydrogens (tertiary/aromatic N) is 1. The van der Waals surface area contributed by atoms with E-state index >= 15 is 0 Å². The number of carbonyl (C=O) groups is 2. The number of amides is 2.